The lowest BCUT2D eigenvalue weighted by molar-refractivity contribution is -0.118. The third kappa shape index (κ3) is 3.35. The quantitative estimate of drug-likeness (QED) is 0.768. The number of benzene rings is 2. The molecule has 3 aromatic rings. The maximum atomic E-state index is 11.9. The van der Waals surface area contributed by atoms with Crippen molar-refractivity contribution in [3.05, 3.63) is 48.3 Å². The Balaban J connectivity index is 1.61. The van der Waals surface area contributed by atoms with E-state index in [-0.39, 0.29) is 11.8 Å². The molecule has 4 rings (SSSR count). The zero-order valence-corrected chi connectivity index (χ0v) is 15.9. The van der Waals surface area contributed by atoms with Crippen molar-refractivity contribution in [2.24, 2.45) is 5.92 Å². The lowest BCUT2D eigenvalue weighted by Gasteiger charge is -2.30. The zero-order valence-electron chi connectivity index (χ0n) is 15.9. The summed E-state index contributed by atoms with van der Waals surface area (Å²) in [5.41, 5.74) is 3.95. The molecule has 1 aromatic heterocycles. The number of methoxy groups -OCH3 is 1. The number of nitrogens with zero attached hydrogens (tertiary/aromatic N) is 3. The second-order valence-corrected chi connectivity index (χ2v) is 7.15. The Morgan fingerprint density at radius 1 is 1.19 bits per heavy atom. The minimum atomic E-state index is -0.0488. The monoisotopic (exact) mass is 364 g/mol. The van der Waals surface area contributed by atoms with E-state index in [1.807, 2.05) is 44.2 Å². The number of anilines is 2. The number of nitrogens with one attached hydrogen (secondary N) is 1. The summed E-state index contributed by atoms with van der Waals surface area (Å²) in [4.78, 5) is 19.1. The van der Waals surface area contributed by atoms with Crippen LogP contribution in [0.25, 0.3) is 11.0 Å². The van der Waals surface area contributed by atoms with Gasteiger partial charge >= 0.3 is 0 Å². The highest BCUT2D eigenvalue weighted by molar-refractivity contribution is 5.94. The van der Waals surface area contributed by atoms with Crippen LogP contribution in [0.15, 0.2) is 42.5 Å². The van der Waals surface area contributed by atoms with Gasteiger partial charge in [-0.1, -0.05) is 19.9 Å². The van der Waals surface area contributed by atoms with Crippen LogP contribution < -0.4 is 15.0 Å². The van der Waals surface area contributed by atoms with E-state index in [0.29, 0.717) is 0 Å². The summed E-state index contributed by atoms with van der Waals surface area (Å²) in [5, 5.41) is 2.95. The van der Waals surface area contributed by atoms with Crippen molar-refractivity contribution in [2.45, 2.75) is 26.9 Å². The van der Waals surface area contributed by atoms with E-state index in [1.54, 1.807) is 7.11 Å². The van der Waals surface area contributed by atoms with Crippen LogP contribution in [0.1, 0.15) is 19.7 Å². The maximum absolute atomic E-state index is 11.9. The van der Waals surface area contributed by atoms with Gasteiger partial charge in [0.2, 0.25) is 5.91 Å². The Kier molecular flexibility index (Phi) is 4.48. The summed E-state index contributed by atoms with van der Waals surface area (Å²) in [6.45, 7) is 6.31. The van der Waals surface area contributed by atoms with Gasteiger partial charge in [0.25, 0.3) is 0 Å². The van der Waals surface area contributed by atoms with Gasteiger partial charge in [-0.2, -0.15) is 0 Å². The Bertz CT molecular complexity index is 993. The number of amides is 1. The van der Waals surface area contributed by atoms with Crippen molar-refractivity contribution < 1.29 is 9.53 Å². The molecule has 0 saturated heterocycles. The summed E-state index contributed by atoms with van der Waals surface area (Å²) in [6.07, 6.45) is 0. The fraction of sp³-hybridized carbons (Fsp3) is 0.333. The van der Waals surface area contributed by atoms with Crippen LogP contribution in [0.5, 0.6) is 5.75 Å². The first-order chi connectivity index (χ1) is 13.0. The fourth-order valence-electron chi connectivity index (χ4n) is 3.41. The normalized spacial score (nSPS) is 13.7. The highest BCUT2D eigenvalue weighted by Gasteiger charge is 2.21. The topological polar surface area (TPSA) is 59.4 Å². The third-order valence-electron chi connectivity index (χ3n) is 4.96. The minimum Gasteiger partial charge on any atom is -0.497 e. The molecule has 2 heterocycles. The third-order valence-corrected chi connectivity index (χ3v) is 4.96. The van der Waals surface area contributed by atoms with E-state index in [4.69, 9.17) is 9.72 Å². The summed E-state index contributed by atoms with van der Waals surface area (Å²) in [6, 6.07) is 14.1. The molecule has 0 unspecified atom stereocenters. The van der Waals surface area contributed by atoms with E-state index < -0.39 is 0 Å². The molecule has 1 amide bonds. The number of rotatable bonds is 4. The van der Waals surface area contributed by atoms with Crippen molar-refractivity contribution in [3.8, 4) is 5.75 Å². The van der Waals surface area contributed by atoms with Gasteiger partial charge in [0.05, 0.1) is 24.7 Å². The van der Waals surface area contributed by atoms with E-state index in [9.17, 15) is 4.79 Å². The van der Waals surface area contributed by atoms with Crippen molar-refractivity contribution in [1.29, 1.82) is 0 Å². The first kappa shape index (κ1) is 17.4. The first-order valence-electron chi connectivity index (χ1n) is 9.24. The van der Waals surface area contributed by atoms with Crippen molar-refractivity contribution in [1.82, 2.24) is 9.55 Å². The molecular weight excluding hydrogens is 340 g/mol. The highest BCUT2D eigenvalue weighted by atomic mass is 16.5. The van der Waals surface area contributed by atoms with Crippen LogP contribution in [-0.2, 0) is 17.9 Å². The van der Waals surface area contributed by atoms with E-state index in [2.05, 4.69) is 26.9 Å². The van der Waals surface area contributed by atoms with Gasteiger partial charge < -0.3 is 19.5 Å². The Hall–Kier alpha value is -3.02. The smallest absolute Gasteiger partial charge is 0.226 e. The van der Waals surface area contributed by atoms with Crippen LogP contribution in [0.3, 0.4) is 0 Å². The van der Waals surface area contributed by atoms with Gasteiger partial charge in [0.1, 0.15) is 11.6 Å². The molecule has 0 radical (unpaired) electrons. The Morgan fingerprint density at radius 3 is 2.81 bits per heavy atom. The molecule has 2 aromatic carbocycles. The van der Waals surface area contributed by atoms with Crippen LogP contribution in [0.2, 0.25) is 0 Å². The number of carbonyl (C=O) groups excluding carboxylic acids is 1. The Morgan fingerprint density at radius 2 is 2.04 bits per heavy atom. The molecule has 0 bridgehead atoms. The number of aromatic nitrogens is 2. The number of fused-ring (bicyclic) bond motifs is 3. The van der Waals surface area contributed by atoms with Gasteiger partial charge in [-0.3, -0.25) is 4.79 Å². The van der Waals surface area contributed by atoms with Crippen LogP contribution in [0.4, 0.5) is 11.4 Å². The summed E-state index contributed by atoms with van der Waals surface area (Å²) in [7, 11) is 1.68. The predicted molar refractivity (Wildman–Crippen MR) is 107 cm³/mol. The lowest BCUT2D eigenvalue weighted by atomic mass is 10.2. The molecule has 0 fully saturated rings. The number of hydrogen-bond donors (Lipinski definition) is 1. The second kappa shape index (κ2) is 6.95. The molecule has 0 atom stereocenters. The maximum Gasteiger partial charge on any atom is 0.226 e. The Labute approximate surface area is 158 Å². The van der Waals surface area contributed by atoms with Gasteiger partial charge in [0.15, 0.2) is 0 Å². The van der Waals surface area contributed by atoms with Gasteiger partial charge in [-0.15, -0.1) is 0 Å². The van der Waals surface area contributed by atoms with E-state index in [1.165, 1.54) is 0 Å². The zero-order chi connectivity index (χ0) is 19.0. The molecule has 0 spiro atoms. The SMILES string of the molecule is COc1cccc(N2CCn3c(nc4cc(NC(=O)C(C)C)ccc43)C2)c1. The fourth-order valence-corrected chi connectivity index (χ4v) is 3.41. The molecule has 140 valence electrons. The second-order valence-electron chi connectivity index (χ2n) is 7.15. The molecule has 1 aliphatic rings. The van der Waals surface area contributed by atoms with Gasteiger partial charge in [0, 0.05) is 36.4 Å². The molecule has 6 nitrogen and oxygen atoms in total. The molecule has 0 aliphatic carbocycles. The van der Waals surface area contributed by atoms with Crippen molar-refractivity contribution >= 4 is 28.3 Å². The minimum absolute atomic E-state index is 0.0162. The lowest BCUT2D eigenvalue weighted by Crippen LogP contribution is -2.33. The van der Waals surface area contributed by atoms with E-state index in [0.717, 1.165) is 53.6 Å². The van der Waals surface area contributed by atoms with E-state index >= 15 is 0 Å². The molecule has 6 heteroatoms. The number of imidazole rings is 1. The molecule has 27 heavy (non-hydrogen) atoms. The molecule has 1 aliphatic heterocycles. The largest absolute Gasteiger partial charge is 0.497 e. The number of carbonyl (C=O) groups is 1. The average molecular weight is 364 g/mol. The van der Waals surface area contributed by atoms with Crippen molar-refractivity contribution in [2.75, 3.05) is 23.9 Å². The molecule has 1 N–H and O–H groups in total. The van der Waals surface area contributed by atoms with Crippen molar-refractivity contribution in [3.63, 3.8) is 0 Å². The first-order valence-corrected chi connectivity index (χ1v) is 9.24. The summed E-state index contributed by atoms with van der Waals surface area (Å²) < 4.78 is 7.61. The van der Waals surface area contributed by atoms with Crippen LogP contribution >= 0.6 is 0 Å². The summed E-state index contributed by atoms with van der Waals surface area (Å²) >= 11 is 0. The highest BCUT2D eigenvalue weighted by Crippen LogP contribution is 2.28. The molecular formula is C21H24N4O2. The molecule has 0 saturated carbocycles. The van der Waals surface area contributed by atoms with Crippen LogP contribution in [-0.4, -0.2) is 29.1 Å². The number of ether oxygens (including phenoxy) is 1. The van der Waals surface area contributed by atoms with Gasteiger partial charge in [-0.05, 0) is 30.3 Å². The van der Waals surface area contributed by atoms with Crippen LogP contribution in [0, 0.1) is 5.92 Å². The standard InChI is InChI=1S/C21H24N4O2/c1-14(2)21(26)22-15-7-8-19-18(11-15)23-20-13-24(9-10-25(19)20)16-5-4-6-17(12-16)27-3/h4-8,11-12,14H,9-10,13H2,1-3H3,(H,22,26). The number of hydrogen-bond acceptors (Lipinski definition) is 4. The average Bonchev–Trinajstić information content (AvgIpc) is 3.04. The predicted octanol–water partition coefficient (Wildman–Crippen LogP) is 3.66. The summed E-state index contributed by atoms with van der Waals surface area (Å²) in [5.74, 6) is 1.86. The van der Waals surface area contributed by atoms with Gasteiger partial charge in [-0.25, -0.2) is 4.98 Å².